The second-order valence-electron chi connectivity index (χ2n) is 4.42. The minimum Gasteiger partial charge on any atom is -0.492 e. The molecule has 3 heteroatoms. The van der Waals surface area contributed by atoms with Crippen molar-refractivity contribution >= 4 is 0 Å². The smallest absolute Gasteiger partial charge is 0.129 e. The van der Waals surface area contributed by atoms with E-state index in [0.29, 0.717) is 17.9 Å². The molecule has 0 fully saturated rings. The fourth-order valence-corrected chi connectivity index (χ4v) is 1.73. The van der Waals surface area contributed by atoms with Crippen LogP contribution in [0.1, 0.15) is 11.1 Å². The molecule has 0 saturated carbocycles. The summed E-state index contributed by atoms with van der Waals surface area (Å²) in [6.07, 6.45) is 0. The van der Waals surface area contributed by atoms with Gasteiger partial charge >= 0.3 is 0 Å². The van der Waals surface area contributed by atoms with Crippen molar-refractivity contribution in [3.63, 3.8) is 0 Å². The summed E-state index contributed by atoms with van der Waals surface area (Å²) in [5, 5.41) is 3.28. The van der Waals surface area contributed by atoms with E-state index in [-0.39, 0.29) is 5.82 Å². The van der Waals surface area contributed by atoms with Gasteiger partial charge in [0.1, 0.15) is 18.2 Å². The molecule has 0 saturated heterocycles. The minimum absolute atomic E-state index is 0.227. The molecule has 0 aliphatic carbocycles. The van der Waals surface area contributed by atoms with Crippen molar-refractivity contribution in [1.82, 2.24) is 5.32 Å². The Morgan fingerprint density at radius 3 is 2.63 bits per heavy atom. The maximum atomic E-state index is 13.3. The molecule has 0 atom stereocenters. The predicted molar refractivity (Wildman–Crippen MR) is 74.8 cm³/mol. The molecule has 2 rings (SSSR count). The molecule has 0 aliphatic rings. The molecule has 2 aromatic carbocycles. The number of nitrogens with one attached hydrogen (secondary N) is 1. The zero-order valence-corrected chi connectivity index (χ0v) is 11.0. The fraction of sp³-hybridized carbons (Fsp3) is 0.250. The van der Waals surface area contributed by atoms with Gasteiger partial charge in [-0.3, -0.25) is 0 Å². The lowest BCUT2D eigenvalue weighted by atomic mass is 10.2. The molecule has 0 bridgehead atoms. The van der Waals surface area contributed by atoms with Gasteiger partial charge in [-0.1, -0.05) is 36.4 Å². The molecule has 0 unspecified atom stereocenters. The SMILES string of the molecule is Cc1ccc(OCCNCc2ccccc2)cc1F. The van der Waals surface area contributed by atoms with Crippen LogP contribution in [-0.2, 0) is 6.54 Å². The monoisotopic (exact) mass is 259 g/mol. The van der Waals surface area contributed by atoms with Crippen LogP contribution in [0.25, 0.3) is 0 Å². The molecule has 2 aromatic rings. The van der Waals surface area contributed by atoms with Crippen LogP contribution >= 0.6 is 0 Å². The van der Waals surface area contributed by atoms with Crippen molar-refractivity contribution < 1.29 is 9.13 Å². The molecule has 100 valence electrons. The molecule has 1 N–H and O–H groups in total. The second-order valence-corrected chi connectivity index (χ2v) is 4.42. The molecule has 0 radical (unpaired) electrons. The summed E-state index contributed by atoms with van der Waals surface area (Å²) >= 11 is 0. The molecule has 0 aliphatic heterocycles. The van der Waals surface area contributed by atoms with Gasteiger partial charge in [0.15, 0.2) is 0 Å². The first-order chi connectivity index (χ1) is 9.25. The number of benzene rings is 2. The maximum absolute atomic E-state index is 13.3. The lowest BCUT2D eigenvalue weighted by Crippen LogP contribution is -2.20. The third-order valence-corrected chi connectivity index (χ3v) is 2.86. The number of hydrogen-bond acceptors (Lipinski definition) is 2. The van der Waals surface area contributed by atoms with Crippen LogP contribution in [0.3, 0.4) is 0 Å². The van der Waals surface area contributed by atoms with Crippen molar-refractivity contribution in [2.24, 2.45) is 0 Å². The van der Waals surface area contributed by atoms with Gasteiger partial charge in [-0.05, 0) is 24.1 Å². The highest BCUT2D eigenvalue weighted by Gasteiger charge is 1.99. The molecule has 0 heterocycles. The number of rotatable bonds is 6. The van der Waals surface area contributed by atoms with Crippen molar-refractivity contribution in [2.45, 2.75) is 13.5 Å². The number of aryl methyl sites for hydroxylation is 1. The molecular weight excluding hydrogens is 241 g/mol. The zero-order chi connectivity index (χ0) is 13.5. The van der Waals surface area contributed by atoms with E-state index in [1.54, 1.807) is 19.1 Å². The molecule has 19 heavy (non-hydrogen) atoms. The summed E-state index contributed by atoms with van der Waals surface area (Å²) in [7, 11) is 0. The highest BCUT2D eigenvalue weighted by molar-refractivity contribution is 5.27. The standard InChI is InChI=1S/C16H18FNO/c1-13-7-8-15(11-16(13)17)19-10-9-18-12-14-5-3-2-4-6-14/h2-8,11,18H,9-10,12H2,1H3. The van der Waals surface area contributed by atoms with Crippen LogP contribution in [0.15, 0.2) is 48.5 Å². The fourth-order valence-electron chi connectivity index (χ4n) is 1.73. The Labute approximate surface area is 113 Å². The molecule has 0 aromatic heterocycles. The second kappa shape index (κ2) is 6.90. The lowest BCUT2D eigenvalue weighted by molar-refractivity contribution is 0.312. The minimum atomic E-state index is -0.227. The van der Waals surface area contributed by atoms with Crippen molar-refractivity contribution in [3.05, 3.63) is 65.5 Å². The van der Waals surface area contributed by atoms with Gasteiger partial charge < -0.3 is 10.1 Å². The van der Waals surface area contributed by atoms with Crippen LogP contribution in [-0.4, -0.2) is 13.2 Å². The molecule has 0 amide bonds. The van der Waals surface area contributed by atoms with Gasteiger partial charge in [0, 0.05) is 19.2 Å². The highest BCUT2D eigenvalue weighted by Crippen LogP contribution is 2.15. The van der Waals surface area contributed by atoms with Gasteiger partial charge in [0.05, 0.1) is 0 Å². The zero-order valence-electron chi connectivity index (χ0n) is 11.0. The Hall–Kier alpha value is -1.87. The number of ether oxygens (including phenoxy) is 1. The molecule has 0 spiro atoms. The Kier molecular flexibility index (Phi) is 4.93. The summed E-state index contributed by atoms with van der Waals surface area (Å²) in [6, 6.07) is 15.1. The lowest BCUT2D eigenvalue weighted by Gasteiger charge is -2.08. The first-order valence-corrected chi connectivity index (χ1v) is 6.39. The van der Waals surface area contributed by atoms with E-state index < -0.39 is 0 Å². The van der Waals surface area contributed by atoms with E-state index in [0.717, 1.165) is 13.1 Å². The van der Waals surface area contributed by atoms with Crippen LogP contribution in [0.2, 0.25) is 0 Å². The predicted octanol–water partition coefficient (Wildman–Crippen LogP) is 3.30. The average Bonchev–Trinajstić information content (AvgIpc) is 2.43. The van der Waals surface area contributed by atoms with E-state index in [1.165, 1.54) is 11.6 Å². The number of hydrogen-bond donors (Lipinski definition) is 1. The van der Waals surface area contributed by atoms with Crippen LogP contribution < -0.4 is 10.1 Å². The van der Waals surface area contributed by atoms with E-state index in [1.807, 2.05) is 18.2 Å². The quantitative estimate of drug-likeness (QED) is 0.804. The topological polar surface area (TPSA) is 21.3 Å². The first-order valence-electron chi connectivity index (χ1n) is 6.39. The van der Waals surface area contributed by atoms with Crippen LogP contribution in [0.5, 0.6) is 5.75 Å². The molecule has 2 nitrogen and oxygen atoms in total. The van der Waals surface area contributed by atoms with Crippen LogP contribution in [0, 0.1) is 12.7 Å². The Morgan fingerprint density at radius 2 is 1.89 bits per heavy atom. The van der Waals surface area contributed by atoms with Crippen LogP contribution in [0.4, 0.5) is 4.39 Å². The van der Waals surface area contributed by atoms with E-state index in [4.69, 9.17) is 4.74 Å². The highest BCUT2D eigenvalue weighted by atomic mass is 19.1. The summed E-state index contributed by atoms with van der Waals surface area (Å²) in [4.78, 5) is 0. The maximum Gasteiger partial charge on any atom is 0.129 e. The normalized spacial score (nSPS) is 10.4. The summed E-state index contributed by atoms with van der Waals surface area (Å²) < 4.78 is 18.8. The van der Waals surface area contributed by atoms with E-state index in [2.05, 4.69) is 17.4 Å². The van der Waals surface area contributed by atoms with Crippen molar-refractivity contribution in [2.75, 3.05) is 13.2 Å². The summed E-state index contributed by atoms with van der Waals surface area (Å²) in [6.45, 7) is 3.80. The Morgan fingerprint density at radius 1 is 1.11 bits per heavy atom. The first kappa shape index (κ1) is 13.6. The average molecular weight is 259 g/mol. The Balaban J connectivity index is 1.68. The van der Waals surface area contributed by atoms with E-state index in [9.17, 15) is 4.39 Å². The van der Waals surface area contributed by atoms with Crippen molar-refractivity contribution in [3.8, 4) is 5.75 Å². The van der Waals surface area contributed by atoms with Gasteiger partial charge in [0.25, 0.3) is 0 Å². The summed E-state index contributed by atoms with van der Waals surface area (Å²) in [5.74, 6) is 0.347. The third-order valence-electron chi connectivity index (χ3n) is 2.86. The van der Waals surface area contributed by atoms with Gasteiger partial charge in [0.2, 0.25) is 0 Å². The largest absolute Gasteiger partial charge is 0.492 e. The van der Waals surface area contributed by atoms with Gasteiger partial charge in [-0.25, -0.2) is 4.39 Å². The number of halogens is 1. The van der Waals surface area contributed by atoms with Gasteiger partial charge in [-0.2, -0.15) is 0 Å². The summed E-state index contributed by atoms with van der Waals surface area (Å²) in [5.41, 5.74) is 1.87. The van der Waals surface area contributed by atoms with Crippen molar-refractivity contribution in [1.29, 1.82) is 0 Å². The molecular formula is C16H18FNO. The third kappa shape index (κ3) is 4.38. The van der Waals surface area contributed by atoms with E-state index >= 15 is 0 Å². The Bertz CT molecular complexity index is 513. The van der Waals surface area contributed by atoms with Gasteiger partial charge in [-0.15, -0.1) is 0 Å².